The topological polar surface area (TPSA) is 0 Å². The predicted octanol–water partition coefficient (Wildman–Crippen LogP) is 2.67. The molecule has 2 fully saturated rings. The lowest BCUT2D eigenvalue weighted by Crippen LogP contribution is -2.17. The van der Waals surface area contributed by atoms with Gasteiger partial charge >= 0.3 is 0 Å². The molecule has 2 aliphatic heterocycles. The molecule has 1 heteroatoms. The van der Waals surface area contributed by atoms with Crippen molar-refractivity contribution in [2.45, 2.75) is 31.8 Å². The summed E-state index contributed by atoms with van der Waals surface area (Å²) in [4.78, 5) is 0. The third kappa shape index (κ3) is 0.693. The van der Waals surface area contributed by atoms with Gasteiger partial charge in [0.15, 0.2) is 0 Å². The van der Waals surface area contributed by atoms with E-state index in [2.05, 4.69) is 13.8 Å². The highest BCUT2D eigenvalue weighted by Crippen LogP contribution is 2.67. The van der Waals surface area contributed by atoms with E-state index in [1.165, 1.54) is 0 Å². The maximum absolute atomic E-state index is 2.49. The van der Waals surface area contributed by atoms with Crippen molar-refractivity contribution in [1.29, 1.82) is 0 Å². The van der Waals surface area contributed by atoms with E-state index in [0.717, 1.165) is 11.1 Å². The fourth-order valence-corrected chi connectivity index (χ4v) is 5.82. The maximum atomic E-state index is 2.49. The summed E-state index contributed by atoms with van der Waals surface area (Å²) in [5.74, 6) is 1.11. The minimum atomic E-state index is 0.488. The first-order valence-electron chi connectivity index (χ1n) is 3.96. The van der Waals surface area contributed by atoms with Crippen LogP contribution in [-0.4, -0.2) is 17.5 Å². The van der Waals surface area contributed by atoms with Gasteiger partial charge in [-0.25, -0.2) is 0 Å². The van der Waals surface area contributed by atoms with Crippen molar-refractivity contribution >= 4 is 7.92 Å². The van der Waals surface area contributed by atoms with Crippen LogP contribution in [-0.2, 0) is 0 Å². The van der Waals surface area contributed by atoms with Gasteiger partial charge in [0.1, 0.15) is 0 Å². The van der Waals surface area contributed by atoms with Gasteiger partial charge in [0.05, 0.1) is 0 Å². The zero-order chi connectivity index (χ0) is 6.48. The highest BCUT2D eigenvalue weighted by Gasteiger charge is 2.47. The molecule has 0 amide bonds. The molecular formula is C8H15P. The van der Waals surface area contributed by atoms with Crippen LogP contribution in [0.2, 0.25) is 0 Å². The Bertz CT molecular complexity index is 107. The zero-order valence-corrected chi connectivity index (χ0v) is 7.25. The Hall–Kier alpha value is 0.430. The van der Waals surface area contributed by atoms with E-state index < -0.39 is 0 Å². The minimum Gasteiger partial charge on any atom is -0.101 e. The van der Waals surface area contributed by atoms with Crippen molar-refractivity contribution in [2.24, 2.45) is 5.92 Å². The molecule has 0 radical (unpaired) electrons. The van der Waals surface area contributed by atoms with Gasteiger partial charge in [-0.2, -0.15) is 0 Å². The van der Waals surface area contributed by atoms with Crippen LogP contribution < -0.4 is 0 Å². The Labute approximate surface area is 58.8 Å². The highest BCUT2D eigenvalue weighted by atomic mass is 31.1. The van der Waals surface area contributed by atoms with Gasteiger partial charge in [0.25, 0.3) is 0 Å². The van der Waals surface area contributed by atoms with Crippen LogP contribution >= 0.6 is 7.92 Å². The first-order chi connectivity index (χ1) is 4.21. The van der Waals surface area contributed by atoms with E-state index >= 15 is 0 Å². The number of hydrogen-bond donors (Lipinski definition) is 0. The second kappa shape index (κ2) is 1.72. The molecule has 9 heavy (non-hydrogen) atoms. The molecule has 0 saturated carbocycles. The standard InChI is InChI=1S/C8H15P/c1-8(2)7-3-5-9(8)6-4-7/h7H,3-6H2,1-2H3. The molecule has 2 rings (SSSR count). The second-order valence-corrected chi connectivity index (χ2v) is 7.04. The SMILES string of the molecule is CC1(C)C2CCP1CC2. The molecule has 52 valence electrons. The Morgan fingerprint density at radius 3 is 1.89 bits per heavy atom. The van der Waals surface area contributed by atoms with Crippen molar-refractivity contribution in [3.63, 3.8) is 0 Å². The molecule has 0 aromatic carbocycles. The smallest absolute Gasteiger partial charge is 0.0122 e. The number of rotatable bonds is 0. The third-order valence-corrected chi connectivity index (χ3v) is 6.90. The quantitative estimate of drug-likeness (QED) is 0.456. The maximum Gasteiger partial charge on any atom is -0.0122 e. The second-order valence-electron chi connectivity index (χ2n) is 3.91. The fraction of sp³-hybridized carbons (Fsp3) is 1.00. The zero-order valence-electron chi connectivity index (χ0n) is 6.35. The van der Waals surface area contributed by atoms with Gasteiger partial charge in [-0.15, -0.1) is 7.92 Å². The summed E-state index contributed by atoms with van der Waals surface area (Å²) >= 11 is 0. The van der Waals surface area contributed by atoms with E-state index in [1.807, 2.05) is 0 Å². The molecule has 2 aliphatic rings. The van der Waals surface area contributed by atoms with E-state index in [0.29, 0.717) is 7.92 Å². The Kier molecular flexibility index (Phi) is 1.18. The molecule has 0 nitrogen and oxygen atoms in total. The lowest BCUT2D eigenvalue weighted by atomic mass is 9.91. The van der Waals surface area contributed by atoms with Crippen LogP contribution in [0.25, 0.3) is 0 Å². The summed E-state index contributed by atoms with van der Waals surface area (Å²) in [6.45, 7) is 4.98. The number of fused-ring (bicyclic) bond motifs is 2. The summed E-state index contributed by atoms with van der Waals surface area (Å²) in [6, 6.07) is 0. The van der Waals surface area contributed by atoms with Crippen molar-refractivity contribution < 1.29 is 0 Å². The molecule has 2 heterocycles. The van der Waals surface area contributed by atoms with Crippen molar-refractivity contribution in [3.05, 3.63) is 0 Å². The predicted molar refractivity (Wildman–Crippen MR) is 43.5 cm³/mol. The fourth-order valence-electron chi connectivity index (χ4n) is 2.42. The molecule has 0 atom stereocenters. The summed E-state index contributed by atoms with van der Waals surface area (Å²) < 4.78 is 0. The molecule has 0 N–H and O–H groups in total. The van der Waals surface area contributed by atoms with Gasteiger partial charge in [-0.3, -0.25) is 0 Å². The van der Waals surface area contributed by atoms with Gasteiger partial charge in [0.2, 0.25) is 0 Å². The molecule has 0 aliphatic carbocycles. The van der Waals surface area contributed by atoms with Crippen LogP contribution in [0.1, 0.15) is 26.7 Å². The average Bonchev–Trinajstić information content (AvgIpc) is 2.24. The van der Waals surface area contributed by atoms with Gasteiger partial charge in [-0.05, 0) is 36.2 Å². The molecule has 2 saturated heterocycles. The Balaban J connectivity index is 2.26. The van der Waals surface area contributed by atoms with Crippen molar-refractivity contribution in [3.8, 4) is 0 Å². The van der Waals surface area contributed by atoms with Crippen LogP contribution in [0.3, 0.4) is 0 Å². The first kappa shape index (κ1) is 6.16. The van der Waals surface area contributed by atoms with Crippen LogP contribution in [0.5, 0.6) is 0 Å². The summed E-state index contributed by atoms with van der Waals surface area (Å²) in [7, 11) is 0.488. The molecule has 0 unspecified atom stereocenters. The monoisotopic (exact) mass is 142 g/mol. The molecule has 0 spiro atoms. The van der Waals surface area contributed by atoms with E-state index in [4.69, 9.17) is 0 Å². The lowest BCUT2D eigenvalue weighted by molar-refractivity contribution is 0.441. The van der Waals surface area contributed by atoms with Crippen LogP contribution in [0.4, 0.5) is 0 Å². The normalized spacial score (nSPS) is 46.0. The lowest BCUT2D eigenvalue weighted by Gasteiger charge is -2.23. The van der Waals surface area contributed by atoms with Crippen LogP contribution in [0.15, 0.2) is 0 Å². The summed E-state index contributed by atoms with van der Waals surface area (Å²) in [6.07, 6.45) is 6.29. The third-order valence-electron chi connectivity index (χ3n) is 3.31. The van der Waals surface area contributed by atoms with Gasteiger partial charge in [0, 0.05) is 0 Å². The van der Waals surface area contributed by atoms with Crippen LogP contribution in [0, 0.1) is 5.92 Å². The minimum absolute atomic E-state index is 0.488. The summed E-state index contributed by atoms with van der Waals surface area (Å²) in [5.41, 5.74) is 0. The van der Waals surface area contributed by atoms with Crippen molar-refractivity contribution in [1.82, 2.24) is 0 Å². The van der Waals surface area contributed by atoms with E-state index in [9.17, 15) is 0 Å². The van der Waals surface area contributed by atoms with E-state index in [1.54, 1.807) is 25.2 Å². The molecular weight excluding hydrogens is 127 g/mol. The Morgan fingerprint density at radius 2 is 1.78 bits per heavy atom. The number of hydrogen-bond acceptors (Lipinski definition) is 0. The Morgan fingerprint density at radius 1 is 1.22 bits per heavy atom. The first-order valence-corrected chi connectivity index (χ1v) is 5.67. The molecule has 0 aromatic heterocycles. The van der Waals surface area contributed by atoms with Gasteiger partial charge in [-0.1, -0.05) is 13.8 Å². The van der Waals surface area contributed by atoms with Gasteiger partial charge < -0.3 is 0 Å². The van der Waals surface area contributed by atoms with Crippen molar-refractivity contribution in [2.75, 3.05) is 12.3 Å². The van der Waals surface area contributed by atoms with E-state index in [-0.39, 0.29) is 0 Å². The summed E-state index contributed by atoms with van der Waals surface area (Å²) in [5, 5.41) is 0.787. The largest absolute Gasteiger partial charge is 0.101 e. The highest BCUT2D eigenvalue weighted by molar-refractivity contribution is 7.60. The average molecular weight is 142 g/mol. The molecule has 0 aromatic rings. The molecule has 2 bridgehead atoms.